The van der Waals surface area contributed by atoms with Crippen LogP contribution < -0.4 is 26.4 Å². The number of benzene rings is 6. The van der Waals surface area contributed by atoms with Crippen molar-refractivity contribution in [3.8, 4) is 0 Å². The molecule has 0 amide bonds. The first-order valence-electron chi connectivity index (χ1n) is 17.3. The maximum Gasteiger partial charge on any atom is 0.289 e. The second-order valence-corrected chi connectivity index (χ2v) is 13.4. The van der Waals surface area contributed by atoms with E-state index in [1.54, 1.807) is 18.3 Å². The summed E-state index contributed by atoms with van der Waals surface area (Å²) in [6.45, 7) is 0.694. The third-order valence-corrected chi connectivity index (χ3v) is 10.0. The van der Waals surface area contributed by atoms with Gasteiger partial charge in [0.25, 0.3) is 5.69 Å². The third-order valence-electron chi connectivity index (χ3n) is 10.0. The maximum atomic E-state index is 15.4. The molecule has 7 rings (SSSR count). The first kappa shape index (κ1) is 47.3. The zero-order valence-electron chi connectivity index (χ0n) is 30.9. The van der Waals surface area contributed by atoms with E-state index in [1.165, 1.54) is 0 Å². The highest BCUT2D eigenvalue weighted by Gasteiger charge is 2.52. The molecule has 0 atom stereocenters. The first-order chi connectivity index (χ1) is 30.5. The second-order valence-electron chi connectivity index (χ2n) is 13.4. The molecule has 7 aromatic rings. The lowest BCUT2D eigenvalue weighted by molar-refractivity contribution is -0.662. The van der Waals surface area contributed by atoms with Crippen molar-refractivity contribution in [2.24, 2.45) is 0 Å². The molecule has 4 nitrogen and oxygen atoms in total. The molecule has 6 aromatic carbocycles. The van der Waals surface area contributed by atoms with Crippen molar-refractivity contribution >= 4 is 44.6 Å². The van der Waals surface area contributed by atoms with Gasteiger partial charge in [-0.25, -0.2) is 87.8 Å². The predicted molar refractivity (Wildman–Crippen MR) is 186 cm³/mol. The van der Waals surface area contributed by atoms with E-state index in [0.717, 1.165) is 11.1 Å². The highest BCUT2D eigenvalue weighted by Crippen LogP contribution is 2.31. The van der Waals surface area contributed by atoms with Gasteiger partial charge in [-0.15, -0.1) is 21.9 Å². The van der Waals surface area contributed by atoms with E-state index < -0.39 is 144 Å². The normalized spacial score (nSPS) is 11.6. The van der Waals surface area contributed by atoms with E-state index >= 15 is 35.1 Å². The van der Waals surface area contributed by atoms with Gasteiger partial charge in [-0.05, 0) is 6.07 Å². The molecule has 65 heavy (non-hydrogen) atoms. The van der Waals surface area contributed by atoms with Crippen LogP contribution in [0.2, 0.25) is 0 Å². The quantitative estimate of drug-likeness (QED) is 0.0305. The second kappa shape index (κ2) is 17.4. The van der Waals surface area contributed by atoms with E-state index in [-0.39, 0.29) is 10.6 Å². The number of nitrogens with zero attached hydrogens (tertiary/aromatic N) is 2. The van der Waals surface area contributed by atoms with Gasteiger partial charge in [0.2, 0.25) is 5.52 Å². The Morgan fingerprint density at radius 1 is 0.385 bits per heavy atom. The van der Waals surface area contributed by atoms with Gasteiger partial charge in [0.05, 0.1) is 11.0 Å². The summed E-state index contributed by atoms with van der Waals surface area (Å²) in [6.07, 6.45) is -5.45. The van der Waals surface area contributed by atoms with Gasteiger partial charge < -0.3 is 0 Å². The third kappa shape index (κ3) is 7.30. The van der Waals surface area contributed by atoms with Crippen LogP contribution in [0.1, 0.15) is 5.56 Å². The number of para-hydroxylation sites is 1. The number of fused-ring (bicyclic) bond motifs is 1. The predicted octanol–water partition coefficient (Wildman–Crippen LogP) is 8.93. The van der Waals surface area contributed by atoms with Crippen LogP contribution in [0.3, 0.4) is 0 Å². The van der Waals surface area contributed by atoms with Crippen LogP contribution in [-0.2, 0) is 6.54 Å². The van der Waals surface area contributed by atoms with Crippen molar-refractivity contribution in [3.05, 3.63) is 199 Å². The average molecular weight is 944 g/mol. The molecule has 0 aliphatic rings. The van der Waals surface area contributed by atoms with Crippen molar-refractivity contribution in [3.63, 3.8) is 0 Å². The van der Waals surface area contributed by atoms with Crippen LogP contribution >= 0.6 is 0 Å². The summed E-state index contributed by atoms with van der Waals surface area (Å²) in [6, 6.07) is 19.0. The molecule has 0 saturated heterocycles. The number of hydrogen-bond donors (Lipinski definition) is 0. The highest BCUT2D eigenvalue weighted by molar-refractivity contribution is 7.20. The molecule has 338 valence electrons. The first-order valence-corrected chi connectivity index (χ1v) is 17.3. The zero-order valence-corrected chi connectivity index (χ0v) is 30.9. The fourth-order valence-electron chi connectivity index (χ4n) is 7.22. The Balaban J connectivity index is 0.000000289. The molecule has 0 fully saturated rings. The van der Waals surface area contributed by atoms with E-state index in [2.05, 4.69) is 0 Å². The van der Waals surface area contributed by atoms with Crippen molar-refractivity contribution < 1.29 is 97.3 Å². The molecule has 1 heterocycles. The van der Waals surface area contributed by atoms with E-state index in [9.17, 15) is 62.8 Å². The molecule has 0 unspecified atom stereocenters. The Morgan fingerprint density at radius 2 is 0.662 bits per heavy atom. The van der Waals surface area contributed by atoms with Crippen molar-refractivity contribution in [1.29, 1.82) is 0 Å². The van der Waals surface area contributed by atoms with Gasteiger partial charge >= 0.3 is 0 Å². The van der Waals surface area contributed by atoms with Crippen LogP contribution in [0.4, 0.5) is 93.5 Å². The molecule has 0 radical (unpaired) electrons. The van der Waals surface area contributed by atoms with Crippen LogP contribution in [0.5, 0.6) is 0 Å². The molecular weight excluding hydrogens is 931 g/mol. The lowest BCUT2D eigenvalue weighted by Crippen LogP contribution is -2.81. The molecule has 0 spiro atoms. The zero-order chi connectivity index (χ0) is 48.3. The average Bonchev–Trinajstić information content (AvgIpc) is 3.29. The molecule has 25 heteroatoms. The van der Waals surface area contributed by atoms with E-state index in [0.29, 0.717) is 11.9 Å². The topological polar surface area (TPSA) is 47.0 Å². The highest BCUT2D eigenvalue weighted by atomic mass is 19.2. The van der Waals surface area contributed by atoms with Crippen molar-refractivity contribution in [2.75, 3.05) is 0 Å². The summed E-state index contributed by atoms with van der Waals surface area (Å²) in [5.74, 6) is -71.4. The molecule has 0 N–H and O–H groups in total. The number of halogens is 20. The maximum absolute atomic E-state index is 15.4. The molecule has 0 aliphatic heterocycles. The van der Waals surface area contributed by atoms with Crippen LogP contribution in [-0.4, -0.2) is 11.1 Å². The van der Waals surface area contributed by atoms with Crippen molar-refractivity contribution in [1.82, 2.24) is 0 Å². The monoisotopic (exact) mass is 944 g/mol. The van der Waals surface area contributed by atoms with Crippen LogP contribution in [0, 0.1) is 126 Å². The molecule has 0 aliphatic carbocycles. The standard InChI is InChI=1S/C24BF20.C16H13N2O2/c26-5-1(6(27)14(35)21(42)13(5)34)25(2-7(28)15(36)22(43)16(37)8(2)29,3-9(30)17(38)23(44)18(39)10(3)31)4-11(32)19(40)24(45)20(41)12(4)33;19-18(20)16-10-11-17(12-13-6-2-1-3-7-13)15-9-5-4-8-14(15)16/h;1-11H,12H2/q-1;+1. The van der Waals surface area contributed by atoms with Gasteiger partial charge in [0, 0.05) is 11.6 Å². The molecule has 1 aromatic heterocycles. The Kier molecular flexibility index (Phi) is 12.7. The number of pyridine rings is 1. The summed E-state index contributed by atoms with van der Waals surface area (Å²) in [5, 5.41) is 11.7. The summed E-state index contributed by atoms with van der Waals surface area (Å²) in [7, 11) is 0. The summed E-state index contributed by atoms with van der Waals surface area (Å²) in [5.41, 5.74) is -12.2. The number of nitro groups is 1. The number of rotatable bonds is 7. The lowest BCUT2D eigenvalue weighted by Gasteiger charge is -2.44. The lowest BCUT2D eigenvalue weighted by atomic mass is 9.12. The summed E-state index contributed by atoms with van der Waals surface area (Å²) in [4.78, 5) is 10.7. The molecular formula is C40H13BF20N2O2. The largest absolute Gasteiger partial charge is 0.289 e. The molecule has 0 bridgehead atoms. The van der Waals surface area contributed by atoms with E-state index in [1.807, 2.05) is 53.1 Å². The fraction of sp³-hybridized carbons (Fsp3) is 0.0250. The minimum absolute atomic E-state index is 0.143. The van der Waals surface area contributed by atoms with Gasteiger partial charge in [-0.2, -0.15) is 4.57 Å². The van der Waals surface area contributed by atoms with Gasteiger partial charge in [-0.3, -0.25) is 10.1 Å². The number of hydrogen-bond acceptors (Lipinski definition) is 2. The smallest absolute Gasteiger partial charge is 0.258 e. The Bertz CT molecular complexity index is 2740. The van der Waals surface area contributed by atoms with E-state index in [4.69, 9.17) is 0 Å². The SMILES string of the molecule is Fc1c(F)c(F)c([B-](c2c(F)c(F)c(F)c(F)c2F)(c2c(F)c(F)c(F)c(F)c2F)c2c(F)c(F)c(F)c(F)c2F)c(F)c1F.O=[N+]([O-])c1cc[n+](Cc2ccccc2)c2ccccc12. The Hall–Kier alpha value is -7.21. The molecule has 0 saturated carbocycles. The fourth-order valence-corrected chi connectivity index (χ4v) is 7.22. The van der Waals surface area contributed by atoms with Crippen LogP contribution in [0.15, 0.2) is 66.9 Å². The minimum Gasteiger partial charge on any atom is -0.258 e. The van der Waals surface area contributed by atoms with Gasteiger partial charge in [0.1, 0.15) is 58.1 Å². The van der Waals surface area contributed by atoms with Crippen molar-refractivity contribution in [2.45, 2.75) is 6.54 Å². The summed E-state index contributed by atoms with van der Waals surface area (Å²) >= 11 is 0. The summed E-state index contributed by atoms with van der Waals surface area (Å²) < 4.78 is 296. The Labute approximate surface area is 347 Å². The number of aromatic nitrogens is 1. The Morgan fingerprint density at radius 3 is 0.969 bits per heavy atom. The van der Waals surface area contributed by atoms with Gasteiger partial charge in [-0.1, -0.05) is 42.5 Å². The van der Waals surface area contributed by atoms with Crippen LogP contribution in [0.25, 0.3) is 10.9 Å². The minimum atomic E-state index is -7.22. The van der Waals surface area contributed by atoms with Gasteiger partial charge in [0.15, 0.2) is 82.5 Å².